The van der Waals surface area contributed by atoms with E-state index in [4.69, 9.17) is 10.5 Å². The Morgan fingerprint density at radius 2 is 2.40 bits per heavy atom. The maximum atomic E-state index is 5.54. The summed E-state index contributed by atoms with van der Waals surface area (Å²) in [4.78, 5) is 4.05. The fraction of sp³-hybridized carbons (Fsp3) is 0.545. The number of rotatable bonds is 6. The molecule has 0 fully saturated rings. The number of pyridine rings is 1. The van der Waals surface area contributed by atoms with E-state index in [1.165, 1.54) is 0 Å². The third-order valence-electron chi connectivity index (χ3n) is 2.32. The molecule has 0 aromatic carbocycles. The Labute approximate surface area is 90.8 Å². The highest BCUT2D eigenvalue weighted by Gasteiger charge is 2.05. The Morgan fingerprint density at radius 3 is 3.00 bits per heavy atom. The largest absolute Gasteiger partial charge is 0.481 e. The molecule has 4 nitrogen and oxygen atoms in total. The highest BCUT2D eigenvalue weighted by molar-refractivity contribution is 5.45. The minimum absolute atomic E-state index is 0.419. The second-order valence-electron chi connectivity index (χ2n) is 3.41. The van der Waals surface area contributed by atoms with Gasteiger partial charge in [0.05, 0.1) is 7.11 Å². The number of aromatic nitrogens is 1. The van der Waals surface area contributed by atoms with Crippen LogP contribution in [0.1, 0.15) is 19.8 Å². The van der Waals surface area contributed by atoms with Crippen molar-refractivity contribution in [2.24, 2.45) is 5.73 Å². The van der Waals surface area contributed by atoms with Crippen LogP contribution in [0.5, 0.6) is 5.88 Å². The van der Waals surface area contributed by atoms with E-state index < -0.39 is 0 Å². The first kappa shape index (κ1) is 11.8. The molecule has 0 aliphatic rings. The van der Waals surface area contributed by atoms with Crippen LogP contribution >= 0.6 is 0 Å². The van der Waals surface area contributed by atoms with Gasteiger partial charge in [-0.3, -0.25) is 0 Å². The van der Waals surface area contributed by atoms with E-state index in [9.17, 15) is 0 Å². The van der Waals surface area contributed by atoms with Gasteiger partial charge in [-0.1, -0.05) is 6.92 Å². The number of hydrogen-bond acceptors (Lipinski definition) is 4. The van der Waals surface area contributed by atoms with Gasteiger partial charge < -0.3 is 15.8 Å². The highest BCUT2D eigenvalue weighted by atomic mass is 16.5. The van der Waals surface area contributed by atoms with Crippen LogP contribution in [0.2, 0.25) is 0 Å². The molecule has 0 amide bonds. The molecule has 3 N–H and O–H groups in total. The lowest BCUT2D eigenvalue weighted by Gasteiger charge is -2.17. The van der Waals surface area contributed by atoms with Crippen molar-refractivity contribution < 1.29 is 4.74 Å². The molecule has 0 saturated carbocycles. The van der Waals surface area contributed by atoms with Crippen molar-refractivity contribution in [2.45, 2.75) is 25.8 Å². The molecule has 15 heavy (non-hydrogen) atoms. The lowest BCUT2D eigenvalue weighted by atomic mass is 10.1. The smallest absolute Gasteiger partial charge is 0.214 e. The number of nitrogens with two attached hydrogens (primary N) is 1. The summed E-state index contributed by atoms with van der Waals surface area (Å²) in [5, 5.41) is 3.40. The third-order valence-corrected chi connectivity index (χ3v) is 2.32. The summed E-state index contributed by atoms with van der Waals surface area (Å²) in [6.07, 6.45) is 3.76. The van der Waals surface area contributed by atoms with Crippen LogP contribution in [0.15, 0.2) is 18.3 Å². The van der Waals surface area contributed by atoms with Gasteiger partial charge in [-0.25, -0.2) is 4.98 Å². The number of ether oxygens (including phenoxy) is 1. The van der Waals surface area contributed by atoms with Gasteiger partial charge in [0.15, 0.2) is 0 Å². The van der Waals surface area contributed by atoms with Crippen LogP contribution in [-0.2, 0) is 0 Å². The van der Waals surface area contributed by atoms with Crippen molar-refractivity contribution in [3.63, 3.8) is 0 Å². The SMILES string of the molecule is CCC(CCN)Nc1ccnc(OC)c1. The minimum atomic E-state index is 0.419. The Bertz CT molecular complexity index is 291. The average Bonchev–Trinajstić information content (AvgIpc) is 2.29. The van der Waals surface area contributed by atoms with Crippen molar-refractivity contribution in [1.29, 1.82) is 0 Å². The number of methoxy groups -OCH3 is 1. The molecule has 0 radical (unpaired) electrons. The summed E-state index contributed by atoms with van der Waals surface area (Å²) in [6.45, 7) is 2.85. The predicted molar refractivity (Wildman–Crippen MR) is 62.2 cm³/mol. The van der Waals surface area contributed by atoms with E-state index in [0.29, 0.717) is 18.5 Å². The van der Waals surface area contributed by atoms with E-state index in [1.54, 1.807) is 13.3 Å². The van der Waals surface area contributed by atoms with Crippen molar-refractivity contribution in [3.05, 3.63) is 18.3 Å². The zero-order valence-electron chi connectivity index (χ0n) is 9.36. The van der Waals surface area contributed by atoms with E-state index >= 15 is 0 Å². The zero-order chi connectivity index (χ0) is 11.1. The van der Waals surface area contributed by atoms with Gasteiger partial charge in [0, 0.05) is 24.0 Å². The van der Waals surface area contributed by atoms with E-state index in [2.05, 4.69) is 17.2 Å². The maximum Gasteiger partial charge on any atom is 0.214 e. The Balaban J connectivity index is 2.61. The molecular weight excluding hydrogens is 190 g/mol. The summed E-state index contributed by atoms with van der Waals surface area (Å²) >= 11 is 0. The molecule has 84 valence electrons. The maximum absolute atomic E-state index is 5.54. The van der Waals surface area contributed by atoms with Crippen LogP contribution < -0.4 is 15.8 Å². The summed E-state index contributed by atoms with van der Waals surface area (Å²) in [5.74, 6) is 0.627. The van der Waals surface area contributed by atoms with Crippen LogP contribution in [0.3, 0.4) is 0 Å². The van der Waals surface area contributed by atoms with E-state index in [1.807, 2.05) is 12.1 Å². The lowest BCUT2D eigenvalue weighted by molar-refractivity contribution is 0.398. The Morgan fingerprint density at radius 1 is 1.60 bits per heavy atom. The Kier molecular flexibility index (Phi) is 4.90. The van der Waals surface area contributed by atoms with Gasteiger partial charge in [0.2, 0.25) is 5.88 Å². The molecular formula is C11H19N3O. The molecule has 0 aliphatic heterocycles. The quantitative estimate of drug-likeness (QED) is 0.747. The molecule has 1 aromatic heterocycles. The van der Waals surface area contributed by atoms with Crippen LogP contribution in [0, 0.1) is 0 Å². The van der Waals surface area contributed by atoms with Crippen molar-refractivity contribution >= 4 is 5.69 Å². The number of anilines is 1. The molecule has 0 saturated heterocycles. The standard InChI is InChI=1S/C11H19N3O/c1-3-9(4-6-12)14-10-5-7-13-11(8-10)15-2/h5,7-9H,3-4,6,12H2,1-2H3,(H,13,14). The molecule has 4 heteroatoms. The summed E-state index contributed by atoms with van der Waals surface area (Å²) in [7, 11) is 1.61. The van der Waals surface area contributed by atoms with Gasteiger partial charge in [0.1, 0.15) is 0 Å². The second-order valence-corrected chi connectivity index (χ2v) is 3.41. The molecule has 1 atom stereocenters. The summed E-state index contributed by atoms with van der Waals surface area (Å²) in [5.41, 5.74) is 6.57. The van der Waals surface area contributed by atoms with Crippen LogP contribution in [-0.4, -0.2) is 24.7 Å². The van der Waals surface area contributed by atoms with E-state index in [0.717, 1.165) is 18.5 Å². The third kappa shape index (κ3) is 3.75. The van der Waals surface area contributed by atoms with Crippen LogP contribution in [0.25, 0.3) is 0 Å². The molecule has 0 aliphatic carbocycles. The lowest BCUT2D eigenvalue weighted by Crippen LogP contribution is -2.22. The average molecular weight is 209 g/mol. The van der Waals surface area contributed by atoms with Crippen molar-refractivity contribution in [1.82, 2.24) is 4.98 Å². The second kappa shape index (κ2) is 6.24. The van der Waals surface area contributed by atoms with Crippen molar-refractivity contribution in [2.75, 3.05) is 19.0 Å². The van der Waals surface area contributed by atoms with Crippen molar-refractivity contribution in [3.8, 4) is 5.88 Å². The number of hydrogen-bond donors (Lipinski definition) is 2. The van der Waals surface area contributed by atoms with Gasteiger partial charge >= 0.3 is 0 Å². The minimum Gasteiger partial charge on any atom is -0.481 e. The molecule has 1 rings (SSSR count). The zero-order valence-corrected chi connectivity index (χ0v) is 9.36. The summed E-state index contributed by atoms with van der Waals surface area (Å²) < 4.78 is 5.05. The van der Waals surface area contributed by atoms with E-state index in [-0.39, 0.29) is 0 Å². The fourth-order valence-electron chi connectivity index (χ4n) is 1.43. The number of nitrogens with zero attached hydrogens (tertiary/aromatic N) is 1. The topological polar surface area (TPSA) is 60.2 Å². The normalized spacial score (nSPS) is 12.2. The fourth-order valence-corrected chi connectivity index (χ4v) is 1.43. The summed E-state index contributed by atoms with van der Waals surface area (Å²) in [6, 6.07) is 4.24. The van der Waals surface area contributed by atoms with Crippen LogP contribution in [0.4, 0.5) is 5.69 Å². The van der Waals surface area contributed by atoms with Gasteiger partial charge in [-0.15, -0.1) is 0 Å². The Hall–Kier alpha value is -1.29. The van der Waals surface area contributed by atoms with Gasteiger partial charge in [-0.05, 0) is 25.5 Å². The first-order valence-corrected chi connectivity index (χ1v) is 5.26. The first-order chi connectivity index (χ1) is 7.30. The highest BCUT2D eigenvalue weighted by Crippen LogP contribution is 2.15. The molecule has 0 bridgehead atoms. The first-order valence-electron chi connectivity index (χ1n) is 5.26. The van der Waals surface area contributed by atoms with Gasteiger partial charge in [0.25, 0.3) is 0 Å². The predicted octanol–water partition coefficient (Wildman–Crippen LogP) is 1.63. The molecule has 0 spiro atoms. The molecule has 1 heterocycles. The monoisotopic (exact) mass is 209 g/mol. The van der Waals surface area contributed by atoms with Gasteiger partial charge in [-0.2, -0.15) is 0 Å². The number of nitrogens with one attached hydrogen (secondary N) is 1. The molecule has 1 unspecified atom stereocenters. The molecule has 1 aromatic rings.